The van der Waals surface area contributed by atoms with Crippen molar-refractivity contribution in [3.05, 3.63) is 157 Å². The molecule has 4 aromatic carbocycles. The van der Waals surface area contributed by atoms with E-state index in [2.05, 4.69) is 120 Å². The number of rotatable bonds is 6. The van der Waals surface area contributed by atoms with Crippen molar-refractivity contribution in [1.82, 2.24) is 0 Å². The molecule has 0 saturated heterocycles. The minimum Gasteiger partial charge on any atom is -0.194 e. The third-order valence-electron chi connectivity index (χ3n) is 10.3. The summed E-state index contributed by atoms with van der Waals surface area (Å²) in [7, 11) is 0. The molecule has 0 spiro atoms. The van der Waals surface area contributed by atoms with Crippen molar-refractivity contribution in [2.24, 2.45) is 0 Å². The van der Waals surface area contributed by atoms with Gasteiger partial charge < -0.3 is 0 Å². The standard InChI is InChI=1S/C32H12BF24.C10H4Br6IS2/c34-25(35,36)13-1-14(26(37,38)39)6-21(5-13)33(22-7-15(27(40,41)42)2-16(8-22)28(43,44)45,23-9-17(29(46,47)48)3-18(10-23)30(49,50)51)24-11-19(31(52,53)54)4-20(12-24)32(55,56)57;11-9(12,13)5-1-3-7(18-5)17-8-4-2-6(19-8)10(14,15)16/h1-12H;1-4H/q-1;+1. The molecule has 0 N–H and O–H groups in total. The molecule has 0 amide bonds. The van der Waals surface area contributed by atoms with Gasteiger partial charge in [-0.05, 0) is 36.4 Å². The van der Waals surface area contributed by atoms with Crippen LogP contribution < -0.4 is 43.1 Å². The Kier molecular flexibility index (Phi) is 19.0. The van der Waals surface area contributed by atoms with Gasteiger partial charge in [-0.1, -0.05) is 167 Å². The molecule has 0 aliphatic heterocycles. The zero-order valence-corrected chi connectivity index (χ0v) is 48.7. The van der Waals surface area contributed by atoms with E-state index in [1.807, 2.05) is 22.7 Å². The first-order chi connectivity index (χ1) is 33.9. The number of hydrogen-bond donors (Lipinski definition) is 0. The number of hydrogen-bond acceptors (Lipinski definition) is 2. The second-order valence-electron chi connectivity index (χ2n) is 15.5. The van der Waals surface area contributed by atoms with Crippen molar-refractivity contribution in [1.29, 1.82) is 0 Å². The molecule has 0 unspecified atom stereocenters. The fourth-order valence-corrected chi connectivity index (χ4v) is 15.5. The van der Waals surface area contributed by atoms with Crippen LogP contribution in [-0.2, 0) is 53.7 Å². The van der Waals surface area contributed by atoms with Crippen molar-refractivity contribution in [2.75, 3.05) is 0 Å². The van der Waals surface area contributed by atoms with Crippen LogP contribution in [0.2, 0.25) is 0 Å². The Morgan fingerprint density at radius 3 is 0.579 bits per heavy atom. The summed E-state index contributed by atoms with van der Waals surface area (Å²) in [6, 6.07) is -0.0780. The highest BCUT2D eigenvalue weighted by Crippen LogP contribution is 2.48. The second-order valence-corrected chi connectivity index (χ2v) is 35.5. The molecule has 2 aromatic heterocycles. The average Bonchev–Trinajstić information content (AvgIpc) is 3.92. The summed E-state index contributed by atoms with van der Waals surface area (Å²) >= 11 is 24.9. The molecular formula is C42H16BBr6F24IS2. The minimum absolute atomic E-state index is 0.114. The largest absolute Gasteiger partial charge is 0.416 e. The molecule has 0 saturated carbocycles. The van der Waals surface area contributed by atoms with Gasteiger partial charge in [0.25, 0.3) is 0 Å². The number of benzene rings is 4. The Bertz CT molecular complexity index is 2570. The monoisotopic (exact) mass is 1650 g/mol. The lowest BCUT2D eigenvalue weighted by Crippen LogP contribution is -3.61. The van der Waals surface area contributed by atoms with Gasteiger partial charge in [-0.25, -0.2) is 0 Å². The number of thiophene rings is 2. The van der Waals surface area contributed by atoms with E-state index >= 15 is 0 Å². The first-order valence-corrected chi connectivity index (χ1v) is 27.8. The summed E-state index contributed by atoms with van der Waals surface area (Å²) in [6.07, 6.45) is -54.8. The smallest absolute Gasteiger partial charge is 0.194 e. The lowest BCUT2D eigenvalue weighted by Gasteiger charge is -2.46. The van der Waals surface area contributed by atoms with E-state index in [1.54, 1.807) is 0 Å². The van der Waals surface area contributed by atoms with Gasteiger partial charge in [-0.15, -0.1) is 0 Å². The third kappa shape index (κ3) is 15.8. The lowest BCUT2D eigenvalue weighted by molar-refractivity contribution is -0.585. The summed E-state index contributed by atoms with van der Waals surface area (Å²) in [6.45, 7) is 0. The highest BCUT2D eigenvalue weighted by atomic mass is 127. The van der Waals surface area contributed by atoms with Crippen LogP contribution in [0.5, 0.6) is 0 Å². The van der Waals surface area contributed by atoms with Crippen LogP contribution in [-0.4, -0.2) is 6.15 Å². The van der Waals surface area contributed by atoms with Crippen molar-refractivity contribution in [2.45, 2.75) is 53.7 Å². The van der Waals surface area contributed by atoms with Crippen molar-refractivity contribution in [3.8, 4) is 0 Å². The Labute approximate surface area is 479 Å². The number of alkyl halides is 30. The van der Waals surface area contributed by atoms with Gasteiger partial charge in [-0.2, -0.15) is 127 Å². The van der Waals surface area contributed by atoms with Crippen molar-refractivity contribution >= 4 is 146 Å². The highest BCUT2D eigenvalue weighted by Gasteiger charge is 2.47. The Balaban J connectivity index is 0.000000468. The van der Waals surface area contributed by atoms with E-state index in [4.69, 9.17) is 0 Å². The molecule has 0 aliphatic carbocycles. The summed E-state index contributed by atoms with van der Waals surface area (Å²) in [5.41, 5.74) is -30.2. The topological polar surface area (TPSA) is 0 Å². The van der Waals surface area contributed by atoms with E-state index < -0.39 is 195 Å². The molecule has 0 nitrogen and oxygen atoms in total. The maximum Gasteiger partial charge on any atom is 0.416 e. The normalized spacial score (nSPS) is 14.0. The number of halogens is 31. The molecule has 0 bridgehead atoms. The zero-order chi connectivity index (χ0) is 58.2. The van der Waals surface area contributed by atoms with Gasteiger partial charge in [0.15, 0.2) is 4.29 Å². The van der Waals surface area contributed by atoms with E-state index in [-0.39, 0.29) is 25.5 Å². The third-order valence-corrected chi connectivity index (χ3v) is 20.6. The van der Waals surface area contributed by atoms with Crippen LogP contribution in [0.15, 0.2) is 97.1 Å². The van der Waals surface area contributed by atoms with E-state index in [9.17, 15) is 105 Å². The lowest BCUT2D eigenvalue weighted by atomic mass is 9.12. The van der Waals surface area contributed by atoms with Crippen LogP contribution >= 0.6 is 118 Å². The SMILES string of the molecule is BrC(Br)(Br)c1ccc([I+]c2ccc(C(Br)(Br)Br)s2)s1.FC(F)(F)c1cc([B-](c2cc(C(F)(F)F)cc(C(F)(F)F)c2)(c2cc(C(F)(F)F)cc(C(F)(F)F)c2)c2cc(C(F)(F)F)cc(C(F)(F)F)c2)cc(C(F)(F)F)c1. The second kappa shape index (κ2) is 22.2. The molecule has 0 radical (unpaired) electrons. The Hall–Kier alpha value is -1.73. The quantitative estimate of drug-likeness (QED) is 0.0675. The first kappa shape index (κ1) is 65.1. The zero-order valence-electron chi connectivity index (χ0n) is 35.3. The van der Waals surface area contributed by atoms with Crippen LogP contribution in [0.1, 0.15) is 54.3 Å². The summed E-state index contributed by atoms with van der Waals surface area (Å²) in [5.74, 6) is 0. The molecule has 0 aliphatic rings. The van der Waals surface area contributed by atoms with E-state index in [1.165, 1.54) is 15.5 Å². The molecule has 2 heterocycles. The molecule has 6 rings (SSSR count). The van der Waals surface area contributed by atoms with Crippen molar-refractivity contribution in [3.63, 3.8) is 0 Å². The summed E-state index contributed by atoms with van der Waals surface area (Å²) < 4.78 is 343. The van der Waals surface area contributed by atoms with Crippen molar-refractivity contribution < 1.29 is 127 Å². The fourth-order valence-electron chi connectivity index (χ4n) is 7.20. The maximum atomic E-state index is 14.2. The first-order valence-electron chi connectivity index (χ1n) is 19.3. The van der Waals surface area contributed by atoms with Gasteiger partial charge in [0.2, 0.25) is 5.77 Å². The van der Waals surface area contributed by atoms with Crippen LogP contribution in [0.3, 0.4) is 0 Å². The minimum atomic E-state index is -6.13. The predicted octanol–water partition coefficient (Wildman–Crippen LogP) is 15.7. The van der Waals surface area contributed by atoms with Gasteiger partial charge in [0, 0.05) is 21.9 Å². The molecular weight excluding hydrogens is 1640 g/mol. The van der Waals surface area contributed by atoms with Gasteiger partial charge in [0.05, 0.1) is 44.5 Å². The highest BCUT2D eigenvalue weighted by molar-refractivity contribution is 9.39. The molecule has 416 valence electrons. The molecule has 6 aromatic rings. The molecule has 34 heteroatoms. The Morgan fingerprint density at radius 2 is 0.447 bits per heavy atom. The fraction of sp³-hybridized carbons (Fsp3) is 0.238. The van der Waals surface area contributed by atoms with Crippen LogP contribution in [0.4, 0.5) is 105 Å². The van der Waals surface area contributed by atoms with Crippen LogP contribution in [0, 0.1) is 5.77 Å². The van der Waals surface area contributed by atoms with E-state index in [0.29, 0.717) is 0 Å². The van der Waals surface area contributed by atoms with Gasteiger partial charge >= 0.3 is 70.6 Å². The average molecular weight is 1660 g/mol. The predicted molar refractivity (Wildman–Crippen MR) is 253 cm³/mol. The van der Waals surface area contributed by atoms with Gasteiger partial charge in [0.1, 0.15) is 6.15 Å². The summed E-state index contributed by atoms with van der Waals surface area (Å²) in [4.78, 5) is 2.46. The van der Waals surface area contributed by atoms with Gasteiger partial charge in [-0.3, -0.25) is 0 Å². The Morgan fingerprint density at radius 1 is 0.276 bits per heavy atom. The van der Waals surface area contributed by atoms with E-state index in [0.717, 1.165) is 0 Å². The molecule has 0 fully saturated rings. The summed E-state index contributed by atoms with van der Waals surface area (Å²) in [5, 5.41) is 0. The maximum absolute atomic E-state index is 14.2. The molecule has 0 atom stereocenters. The van der Waals surface area contributed by atoms with Crippen LogP contribution in [0.25, 0.3) is 0 Å². The molecule has 76 heavy (non-hydrogen) atoms.